The lowest BCUT2D eigenvalue weighted by molar-refractivity contribution is 0.285. The summed E-state index contributed by atoms with van der Waals surface area (Å²) >= 11 is 3.74. The highest BCUT2D eigenvalue weighted by Crippen LogP contribution is 2.20. The third kappa shape index (κ3) is 10.5. The van der Waals surface area contributed by atoms with Gasteiger partial charge in [-0.3, -0.25) is 0 Å². The van der Waals surface area contributed by atoms with E-state index in [0.717, 1.165) is 24.3 Å². The van der Waals surface area contributed by atoms with E-state index in [9.17, 15) is 10.2 Å². The maximum Gasteiger partial charge on any atom is 0.0550 e. The highest BCUT2D eigenvalue weighted by molar-refractivity contribution is 8.00. The van der Waals surface area contributed by atoms with Crippen LogP contribution in [0.25, 0.3) is 0 Å². The highest BCUT2D eigenvalue weighted by atomic mass is 32.2. The van der Waals surface area contributed by atoms with Crippen molar-refractivity contribution in [3.63, 3.8) is 0 Å². The van der Waals surface area contributed by atoms with Gasteiger partial charge in [-0.15, -0.1) is 0 Å². The predicted octanol–water partition coefficient (Wildman–Crippen LogP) is 3.56. The first-order valence-corrected chi connectivity index (χ1v) is 9.33. The molecule has 2 N–H and O–H groups in total. The maximum atomic E-state index is 9.17. The standard InChI is InChI=1S/C14H30O2S2/c1-3-17-13(11-15)9-7-5-6-8-10-14(12-16)18-4-2/h13-16H,3-12H2,1-2H3. The van der Waals surface area contributed by atoms with Gasteiger partial charge in [-0.05, 0) is 24.3 Å². The molecule has 0 amide bonds. The van der Waals surface area contributed by atoms with Crippen molar-refractivity contribution < 1.29 is 10.2 Å². The van der Waals surface area contributed by atoms with Gasteiger partial charge >= 0.3 is 0 Å². The molecule has 2 nitrogen and oxygen atoms in total. The third-order valence-corrected chi connectivity index (χ3v) is 5.39. The van der Waals surface area contributed by atoms with Crippen LogP contribution in [0.2, 0.25) is 0 Å². The monoisotopic (exact) mass is 294 g/mol. The van der Waals surface area contributed by atoms with E-state index in [4.69, 9.17) is 0 Å². The van der Waals surface area contributed by atoms with E-state index in [1.54, 1.807) is 0 Å². The smallest absolute Gasteiger partial charge is 0.0550 e. The molecule has 18 heavy (non-hydrogen) atoms. The van der Waals surface area contributed by atoms with Crippen molar-refractivity contribution in [3.05, 3.63) is 0 Å². The second kappa shape index (κ2) is 14.0. The van der Waals surface area contributed by atoms with Gasteiger partial charge in [0.1, 0.15) is 0 Å². The molecule has 2 atom stereocenters. The minimum absolute atomic E-state index is 0.318. The van der Waals surface area contributed by atoms with Gasteiger partial charge in [0.2, 0.25) is 0 Å². The number of unbranched alkanes of at least 4 members (excludes halogenated alkanes) is 3. The molecular formula is C14H30O2S2. The van der Waals surface area contributed by atoms with E-state index >= 15 is 0 Å². The van der Waals surface area contributed by atoms with Gasteiger partial charge in [-0.25, -0.2) is 0 Å². The molecule has 0 radical (unpaired) electrons. The van der Waals surface area contributed by atoms with Crippen LogP contribution in [-0.2, 0) is 0 Å². The van der Waals surface area contributed by atoms with Gasteiger partial charge in [0.15, 0.2) is 0 Å². The summed E-state index contributed by atoms with van der Waals surface area (Å²) in [4.78, 5) is 0. The molecule has 0 aromatic heterocycles. The fourth-order valence-electron chi connectivity index (χ4n) is 2.02. The topological polar surface area (TPSA) is 40.5 Å². The molecule has 0 aromatic carbocycles. The predicted molar refractivity (Wildman–Crippen MR) is 85.7 cm³/mol. The molecule has 0 aromatic rings. The van der Waals surface area contributed by atoms with E-state index < -0.39 is 0 Å². The van der Waals surface area contributed by atoms with Gasteiger partial charge < -0.3 is 10.2 Å². The van der Waals surface area contributed by atoms with Crippen molar-refractivity contribution >= 4 is 23.5 Å². The zero-order valence-electron chi connectivity index (χ0n) is 11.9. The summed E-state index contributed by atoms with van der Waals surface area (Å²) in [5.74, 6) is 2.19. The number of hydrogen-bond donors (Lipinski definition) is 2. The van der Waals surface area contributed by atoms with Crippen molar-refractivity contribution in [1.82, 2.24) is 0 Å². The molecule has 0 saturated heterocycles. The van der Waals surface area contributed by atoms with Crippen molar-refractivity contribution in [3.8, 4) is 0 Å². The molecule has 110 valence electrons. The first-order chi connectivity index (χ1) is 8.78. The first-order valence-electron chi connectivity index (χ1n) is 7.23. The Hall–Kier alpha value is 0.620. The minimum Gasteiger partial charge on any atom is -0.395 e. The SMILES string of the molecule is CCSC(CO)CCCCCCC(CO)SCC. The lowest BCUT2D eigenvalue weighted by atomic mass is 10.1. The van der Waals surface area contributed by atoms with Crippen LogP contribution in [0.15, 0.2) is 0 Å². The van der Waals surface area contributed by atoms with E-state index in [0.29, 0.717) is 23.7 Å². The Balaban J connectivity index is 3.38. The van der Waals surface area contributed by atoms with E-state index in [-0.39, 0.29) is 0 Å². The van der Waals surface area contributed by atoms with E-state index in [2.05, 4.69) is 13.8 Å². The first kappa shape index (κ1) is 18.6. The number of aliphatic hydroxyl groups is 2. The van der Waals surface area contributed by atoms with Gasteiger partial charge in [-0.2, -0.15) is 23.5 Å². The Morgan fingerprint density at radius 3 is 1.39 bits per heavy atom. The molecule has 0 saturated carbocycles. The highest BCUT2D eigenvalue weighted by Gasteiger charge is 2.07. The zero-order valence-corrected chi connectivity index (χ0v) is 13.6. The summed E-state index contributed by atoms with van der Waals surface area (Å²) < 4.78 is 0. The minimum atomic E-state index is 0.318. The maximum absolute atomic E-state index is 9.17. The van der Waals surface area contributed by atoms with Crippen molar-refractivity contribution in [2.45, 2.75) is 62.9 Å². The Morgan fingerprint density at radius 1 is 0.722 bits per heavy atom. The summed E-state index contributed by atoms with van der Waals surface area (Å²) in [6, 6.07) is 0. The van der Waals surface area contributed by atoms with E-state index in [1.165, 1.54) is 25.7 Å². The van der Waals surface area contributed by atoms with Crippen LogP contribution < -0.4 is 0 Å². The third-order valence-electron chi connectivity index (χ3n) is 3.01. The molecule has 0 fully saturated rings. The largest absolute Gasteiger partial charge is 0.395 e. The van der Waals surface area contributed by atoms with Crippen molar-refractivity contribution in [2.24, 2.45) is 0 Å². The lowest BCUT2D eigenvalue weighted by Gasteiger charge is -2.13. The molecule has 2 unspecified atom stereocenters. The molecule has 4 heteroatoms. The van der Waals surface area contributed by atoms with Crippen LogP contribution in [0.1, 0.15) is 52.4 Å². The fourth-order valence-corrected chi connectivity index (χ4v) is 3.84. The number of aliphatic hydroxyl groups excluding tert-OH is 2. The van der Waals surface area contributed by atoms with Crippen LogP contribution in [-0.4, -0.2) is 45.4 Å². The van der Waals surface area contributed by atoms with Crippen LogP contribution in [0, 0.1) is 0 Å². The van der Waals surface area contributed by atoms with Gasteiger partial charge in [0.05, 0.1) is 13.2 Å². The summed E-state index contributed by atoms with van der Waals surface area (Å²) in [6.07, 6.45) is 7.25. The van der Waals surface area contributed by atoms with Crippen LogP contribution in [0.4, 0.5) is 0 Å². The zero-order chi connectivity index (χ0) is 13.6. The van der Waals surface area contributed by atoms with Crippen LogP contribution in [0.5, 0.6) is 0 Å². The molecule has 0 aliphatic rings. The molecule has 0 rings (SSSR count). The summed E-state index contributed by atoms with van der Waals surface area (Å²) in [5, 5.41) is 19.2. The molecule has 0 aliphatic heterocycles. The number of rotatable bonds is 13. The number of hydrogen-bond acceptors (Lipinski definition) is 4. The normalized spacial score (nSPS) is 14.7. The molecular weight excluding hydrogens is 264 g/mol. The Labute approximate surface area is 121 Å². The van der Waals surface area contributed by atoms with Crippen molar-refractivity contribution in [1.29, 1.82) is 0 Å². The Morgan fingerprint density at radius 2 is 1.11 bits per heavy atom. The second-order valence-corrected chi connectivity index (χ2v) is 7.67. The number of thioether (sulfide) groups is 2. The molecule has 0 spiro atoms. The lowest BCUT2D eigenvalue weighted by Crippen LogP contribution is -2.09. The second-order valence-electron chi connectivity index (χ2n) is 4.51. The average Bonchev–Trinajstić information content (AvgIpc) is 2.39. The van der Waals surface area contributed by atoms with Gasteiger partial charge in [0.25, 0.3) is 0 Å². The molecule has 0 heterocycles. The Bertz CT molecular complexity index is 150. The summed E-state index contributed by atoms with van der Waals surface area (Å²) in [6.45, 7) is 4.93. The van der Waals surface area contributed by atoms with E-state index in [1.807, 2.05) is 23.5 Å². The Kier molecular flexibility index (Phi) is 14.5. The van der Waals surface area contributed by atoms with Crippen LogP contribution in [0.3, 0.4) is 0 Å². The summed E-state index contributed by atoms with van der Waals surface area (Å²) in [5.41, 5.74) is 0. The molecule has 0 aliphatic carbocycles. The van der Waals surface area contributed by atoms with Gasteiger partial charge in [-0.1, -0.05) is 39.5 Å². The molecule has 0 bridgehead atoms. The van der Waals surface area contributed by atoms with Gasteiger partial charge in [0, 0.05) is 10.5 Å². The average molecular weight is 295 g/mol. The quantitative estimate of drug-likeness (QED) is 0.510. The van der Waals surface area contributed by atoms with Crippen molar-refractivity contribution in [2.75, 3.05) is 24.7 Å². The summed E-state index contributed by atoms with van der Waals surface area (Å²) in [7, 11) is 0. The fraction of sp³-hybridized carbons (Fsp3) is 1.00. The van der Waals surface area contributed by atoms with Crippen LogP contribution >= 0.6 is 23.5 Å².